The molecule has 1 spiro atoms. The summed E-state index contributed by atoms with van der Waals surface area (Å²) in [6, 6.07) is 52.5. The van der Waals surface area contributed by atoms with Crippen molar-refractivity contribution in [3.63, 3.8) is 0 Å². The molecule has 2 atom stereocenters. The Morgan fingerprint density at radius 3 is 1.91 bits per heavy atom. The second-order valence-corrected chi connectivity index (χ2v) is 16.3. The molecule has 0 saturated carbocycles. The SMILES string of the molecule is CC1C=CC=CC1N1c2ccccc2C2(c3ccccc3-c3c2ccc2c3N(c3cccc4ccccc34)c3ccccc3S2(=O)=O)c2ccccc21. The fraction of sp³-hybridized carbons (Fsp3) is 0.0833. The van der Waals surface area contributed by atoms with E-state index in [2.05, 4.69) is 156 Å². The molecule has 2 unspecified atom stereocenters. The molecule has 2 aliphatic heterocycles. The molecular formula is C48H34N2O2S. The van der Waals surface area contributed by atoms with Crippen molar-refractivity contribution in [1.29, 1.82) is 0 Å². The van der Waals surface area contributed by atoms with Gasteiger partial charge in [0.15, 0.2) is 0 Å². The van der Waals surface area contributed by atoms with Crippen LogP contribution in [0.2, 0.25) is 0 Å². The fourth-order valence-electron chi connectivity index (χ4n) is 9.74. The van der Waals surface area contributed by atoms with E-state index >= 15 is 0 Å². The molecule has 7 aromatic rings. The monoisotopic (exact) mass is 702 g/mol. The van der Waals surface area contributed by atoms with Crippen molar-refractivity contribution in [2.24, 2.45) is 5.92 Å². The molecule has 0 saturated heterocycles. The number of benzene rings is 7. The highest BCUT2D eigenvalue weighted by molar-refractivity contribution is 7.92. The van der Waals surface area contributed by atoms with E-state index in [4.69, 9.17) is 0 Å². The Labute approximate surface area is 309 Å². The molecule has 11 rings (SSSR count). The number of rotatable bonds is 2. The number of anilines is 5. The predicted octanol–water partition coefficient (Wildman–Crippen LogP) is 11.4. The topological polar surface area (TPSA) is 40.6 Å². The third-order valence-electron chi connectivity index (χ3n) is 11.9. The molecule has 0 N–H and O–H groups in total. The smallest absolute Gasteiger partial charge is 0.210 e. The van der Waals surface area contributed by atoms with E-state index in [0.717, 1.165) is 50.1 Å². The number of allylic oxidation sites excluding steroid dienone is 2. The van der Waals surface area contributed by atoms with E-state index in [1.54, 1.807) is 6.07 Å². The molecule has 4 aliphatic rings. The Morgan fingerprint density at radius 1 is 0.528 bits per heavy atom. The van der Waals surface area contributed by atoms with Gasteiger partial charge >= 0.3 is 0 Å². The minimum absolute atomic E-state index is 0.128. The van der Waals surface area contributed by atoms with Gasteiger partial charge in [-0.15, -0.1) is 0 Å². The molecule has 0 radical (unpaired) electrons. The van der Waals surface area contributed by atoms with Crippen LogP contribution in [0.5, 0.6) is 0 Å². The predicted molar refractivity (Wildman–Crippen MR) is 215 cm³/mol. The van der Waals surface area contributed by atoms with Gasteiger partial charge in [0.2, 0.25) is 9.84 Å². The van der Waals surface area contributed by atoms with E-state index in [-0.39, 0.29) is 6.04 Å². The Morgan fingerprint density at radius 2 is 1.13 bits per heavy atom. The second-order valence-electron chi connectivity index (χ2n) is 14.5. The summed E-state index contributed by atoms with van der Waals surface area (Å²) in [5, 5.41) is 2.15. The Bertz CT molecular complexity index is 2820. The molecule has 5 heteroatoms. The standard InChI is InChI=1S/C48H34N2O2S/c1-31-15-2-9-23-39(31)49-41-24-10-7-21-36(41)48(37-22-8-11-25-42(37)49)35-20-6-5-19-34(35)46-38(48)29-30-45-47(46)50(43-26-12-13-28-44(43)53(45,51)52)40-27-14-17-32-16-3-4-18-33(32)40/h2-31,39H,1H3. The number of nitrogens with zero attached hydrogens (tertiary/aromatic N) is 2. The van der Waals surface area contributed by atoms with Crippen LogP contribution in [0.4, 0.5) is 28.4 Å². The van der Waals surface area contributed by atoms with E-state index in [0.29, 0.717) is 27.1 Å². The first-order valence-corrected chi connectivity index (χ1v) is 19.7. The third kappa shape index (κ3) is 3.87. The Kier molecular flexibility index (Phi) is 6.28. The maximum atomic E-state index is 14.8. The maximum Gasteiger partial charge on any atom is 0.210 e. The largest absolute Gasteiger partial charge is 0.333 e. The van der Waals surface area contributed by atoms with Crippen molar-refractivity contribution in [2.75, 3.05) is 9.80 Å². The summed E-state index contributed by atoms with van der Waals surface area (Å²) in [7, 11) is -3.88. The van der Waals surface area contributed by atoms with Gasteiger partial charge in [-0.25, -0.2) is 8.42 Å². The van der Waals surface area contributed by atoms with Crippen LogP contribution in [0, 0.1) is 5.92 Å². The van der Waals surface area contributed by atoms with Gasteiger partial charge < -0.3 is 9.80 Å². The summed E-state index contributed by atoms with van der Waals surface area (Å²) in [5.74, 6) is 0.296. The van der Waals surface area contributed by atoms with Crippen LogP contribution in [-0.2, 0) is 15.3 Å². The van der Waals surface area contributed by atoms with Crippen LogP contribution < -0.4 is 9.80 Å². The van der Waals surface area contributed by atoms with Crippen LogP contribution in [0.15, 0.2) is 186 Å². The van der Waals surface area contributed by atoms with Gasteiger partial charge in [-0.2, -0.15) is 0 Å². The van der Waals surface area contributed by atoms with Gasteiger partial charge in [0, 0.05) is 22.3 Å². The minimum Gasteiger partial charge on any atom is -0.333 e. The molecule has 0 amide bonds. The summed E-state index contributed by atoms with van der Waals surface area (Å²) in [5.41, 5.74) is 10.5. The normalized spacial score (nSPS) is 19.3. The lowest BCUT2D eigenvalue weighted by atomic mass is 9.64. The lowest BCUT2D eigenvalue weighted by Crippen LogP contribution is -2.43. The van der Waals surface area contributed by atoms with E-state index in [9.17, 15) is 8.42 Å². The average Bonchev–Trinajstić information content (AvgIpc) is 3.50. The quantitative estimate of drug-likeness (QED) is 0.180. The van der Waals surface area contributed by atoms with Crippen LogP contribution in [0.3, 0.4) is 0 Å². The minimum atomic E-state index is -3.88. The van der Waals surface area contributed by atoms with Gasteiger partial charge in [0.1, 0.15) is 0 Å². The molecule has 254 valence electrons. The molecule has 2 aliphatic carbocycles. The number of hydrogen-bond donors (Lipinski definition) is 0. The lowest BCUT2D eigenvalue weighted by Gasteiger charge is -2.48. The van der Waals surface area contributed by atoms with Crippen molar-refractivity contribution in [3.05, 3.63) is 198 Å². The maximum absolute atomic E-state index is 14.8. The number of sulfone groups is 1. The van der Waals surface area contributed by atoms with E-state index < -0.39 is 15.3 Å². The highest BCUT2D eigenvalue weighted by atomic mass is 32.2. The molecule has 0 fully saturated rings. The van der Waals surface area contributed by atoms with Crippen molar-refractivity contribution in [3.8, 4) is 11.1 Å². The average molecular weight is 703 g/mol. The first kappa shape index (κ1) is 30.5. The van der Waals surface area contributed by atoms with Gasteiger partial charge in [-0.3, -0.25) is 0 Å². The lowest BCUT2D eigenvalue weighted by molar-refractivity contribution is 0.592. The highest BCUT2D eigenvalue weighted by Gasteiger charge is 2.54. The third-order valence-corrected chi connectivity index (χ3v) is 13.7. The highest BCUT2D eigenvalue weighted by Crippen LogP contribution is 2.66. The van der Waals surface area contributed by atoms with E-state index in [1.807, 2.05) is 30.3 Å². The molecular weight excluding hydrogens is 669 g/mol. The van der Waals surface area contributed by atoms with Crippen molar-refractivity contribution < 1.29 is 8.42 Å². The van der Waals surface area contributed by atoms with Gasteiger partial charge in [-0.05, 0) is 75.5 Å². The molecule has 7 aromatic carbocycles. The van der Waals surface area contributed by atoms with Crippen LogP contribution in [-0.4, -0.2) is 14.5 Å². The van der Waals surface area contributed by atoms with Crippen molar-refractivity contribution in [2.45, 2.75) is 28.2 Å². The number of fused-ring (bicyclic) bond motifs is 13. The summed E-state index contributed by atoms with van der Waals surface area (Å²) in [4.78, 5) is 5.37. The Hall–Kier alpha value is -6.17. The van der Waals surface area contributed by atoms with Gasteiger partial charge in [-0.1, -0.05) is 146 Å². The number of para-hydroxylation sites is 3. The first-order chi connectivity index (χ1) is 26.0. The molecule has 4 nitrogen and oxygen atoms in total. The van der Waals surface area contributed by atoms with Crippen LogP contribution >= 0.6 is 0 Å². The molecule has 2 heterocycles. The fourth-order valence-corrected chi connectivity index (χ4v) is 11.4. The Balaban J connectivity index is 1.29. The van der Waals surface area contributed by atoms with Gasteiger partial charge in [0.25, 0.3) is 0 Å². The number of hydrogen-bond acceptors (Lipinski definition) is 4. The zero-order chi connectivity index (χ0) is 35.5. The zero-order valence-electron chi connectivity index (χ0n) is 29.0. The zero-order valence-corrected chi connectivity index (χ0v) is 29.8. The summed E-state index contributed by atoms with van der Waals surface area (Å²) >= 11 is 0. The van der Waals surface area contributed by atoms with Crippen molar-refractivity contribution >= 4 is 49.0 Å². The summed E-state index contributed by atoms with van der Waals surface area (Å²) in [6.07, 6.45) is 8.90. The van der Waals surface area contributed by atoms with E-state index in [1.165, 1.54) is 11.1 Å². The second kappa shape index (κ2) is 10.9. The van der Waals surface area contributed by atoms with Crippen LogP contribution in [0.25, 0.3) is 21.9 Å². The van der Waals surface area contributed by atoms with Crippen molar-refractivity contribution in [1.82, 2.24) is 0 Å². The molecule has 53 heavy (non-hydrogen) atoms. The molecule has 0 bridgehead atoms. The molecule has 0 aromatic heterocycles. The summed E-state index contributed by atoms with van der Waals surface area (Å²) in [6.45, 7) is 2.28. The summed E-state index contributed by atoms with van der Waals surface area (Å²) < 4.78 is 29.6. The van der Waals surface area contributed by atoms with Crippen LogP contribution in [0.1, 0.15) is 29.2 Å². The first-order valence-electron chi connectivity index (χ1n) is 18.2. The van der Waals surface area contributed by atoms with Gasteiger partial charge in [0.05, 0.1) is 38.3 Å².